The van der Waals surface area contributed by atoms with Crippen molar-refractivity contribution in [3.05, 3.63) is 30.2 Å². The molecule has 4 nitrogen and oxygen atoms in total. The summed E-state index contributed by atoms with van der Waals surface area (Å²) in [5, 5.41) is 0.649. The molecule has 0 radical (unpaired) electrons. The largest absolute Gasteiger partial charge is 0.494 e. The van der Waals surface area contributed by atoms with Crippen molar-refractivity contribution in [1.29, 1.82) is 0 Å². The van der Waals surface area contributed by atoms with E-state index in [4.69, 9.17) is 4.74 Å². The minimum Gasteiger partial charge on any atom is -0.494 e. The van der Waals surface area contributed by atoms with E-state index in [1.54, 1.807) is 12.3 Å². The number of rotatable bonds is 3. The highest BCUT2D eigenvalue weighted by atomic mass is 19.1. The van der Waals surface area contributed by atoms with Gasteiger partial charge in [0.15, 0.2) is 0 Å². The molecule has 1 atom stereocenters. The first-order valence-corrected chi connectivity index (χ1v) is 6.01. The summed E-state index contributed by atoms with van der Waals surface area (Å²) in [5.41, 5.74) is 0.600. The van der Waals surface area contributed by atoms with Crippen molar-refractivity contribution in [3.63, 3.8) is 0 Å². The van der Waals surface area contributed by atoms with E-state index < -0.39 is 0 Å². The van der Waals surface area contributed by atoms with Crippen LogP contribution in [0.15, 0.2) is 24.4 Å². The smallest absolute Gasteiger partial charge is 0.248 e. The second kappa shape index (κ2) is 5.01. The molecule has 0 saturated carbocycles. The van der Waals surface area contributed by atoms with Gasteiger partial charge in [-0.25, -0.2) is 4.39 Å². The molecule has 0 saturated heterocycles. The van der Waals surface area contributed by atoms with Crippen LogP contribution in [-0.2, 0) is 0 Å². The summed E-state index contributed by atoms with van der Waals surface area (Å²) >= 11 is 0. The minimum atomic E-state index is -0.379. The van der Waals surface area contributed by atoms with E-state index in [0.717, 1.165) is 0 Å². The van der Waals surface area contributed by atoms with Crippen molar-refractivity contribution in [2.75, 3.05) is 21.2 Å². The van der Waals surface area contributed by atoms with Crippen LogP contribution in [-0.4, -0.2) is 42.6 Å². The van der Waals surface area contributed by atoms with Crippen LogP contribution >= 0.6 is 0 Å². The van der Waals surface area contributed by atoms with E-state index in [9.17, 15) is 9.18 Å². The maximum Gasteiger partial charge on any atom is 0.248 e. The number of aromatic nitrogens is 1. The third-order valence-electron chi connectivity index (χ3n) is 3.30. The van der Waals surface area contributed by atoms with Gasteiger partial charge in [-0.3, -0.25) is 14.3 Å². The van der Waals surface area contributed by atoms with Gasteiger partial charge in [0.25, 0.3) is 0 Å². The van der Waals surface area contributed by atoms with Crippen molar-refractivity contribution < 1.29 is 13.9 Å². The Hall–Kier alpha value is -1.88. The van der Waals surface area contributed by atoms with E-state index in [1.165, 1.54) is 23.8 Å². The third-order valence-corrected chi connectivity index (χ3v) is 3.30. The molecule has 0 fully saturated rings. The number of likely N-dealkylation sites (N-methyl/N-ethyl adjacent to an activating group) is 1. The van der Waals surface area contributed by atoms with E-state index in [2.05, 4.69) is 0 Å². The van der Waals surface area contributed by atoms with E-state index in [1.807, 2.05) is 25.9 Å². The highest BCUT2D eigenvalue weighted by Crippen LogP contribution is 2.28. The molecule has 0 aliphatic rings. The Bertz CT molecular complexity index is 619. The molecule has 0 bridgehead atoms. The van der Waals surface area contributed by atoms with Gasteiger partial charge in [0, 0.05) is 17.6 Å². The fourth-order valence-corrected chi connectivity index (χ4v) is 1.97. The molecule has 0 N–H and O–H groups in total. The van der Waals surface area contributed by atoms with Gasteiger partial charge < -0.3 is 4.74 Å². The van der Waals surface area contributed by atoms with Crippen LogP contribution in [0.3, 0.4) is 0 Å². The van der Waals surface area contributed by atoms with Gasteiger partial charge in [0.05, 0.1) is 18.7 Å². The first-order valence-electron chi connectivity index (χ1n) is 6.01. The number of fused-ring (bicyclic) bond motifs is 1. The number of benzene rings is 1. The lowest BCUT2D eigenvalue weighted by Crippen LogP contribution is -2.36. The van der Waals surface area contributed by atoms with Gasteiger partial charge in [0.1, 0.15) is 11.6 Å². The van der Waals surface area contributed by atoms with Gasteiger partial charge in [-0.15, -0.1) is 0 Å². The zero-order valence-electron chi connectivity index (χ0n) is 11.5. The lowest BCUT2D eigenvalue weighted by Gasteiger charge is -2.19. The number of hydrogen-bond acceptors (Lipinski definition) is 3. The normalized spacial score (nSPS) is 12.9. The van der Waals surface area contributed by atoms with Gasteiger partial charge in [0.2, 0.25) is 5.91 Å². The summed E-state index contributed by atoms with van der Waals surface area (Å²) < 4.78 is 20.1. The highest BCUT2D eigenvalue weighted by molar-refractivity contribution is 5.97. The van der Waals surface area contributed by atoms with Crippen LogP contribution in [0.2, 0.25) is 0 Å². The first kappa shape index (κ1) is 13.5. The summed E-state index contributed by atoms with van der Waals surface area (Å²) in [6, 6.07) is 4.11. The maximum atomic E-state index is 13.4. The van der Waals surface area contributed by atoms with Gasteiger partial charge in [-0.05, 0) is 33.2 Å². The molecule has 5 heteroatoms. The average Bonchev–Trinajstić information content (AvgIpc) is 2.79. The molecule has 2 rings (SSSR count). The van der Waals surface area contributed by atoms with E-state index in [0.29, 0.717) is 16.7 Å². The first-order chi connectivity index (χ1) is 8.95. The fraction of sp³-hybridized carbons (Fsp3) is 0.357. The Morgan fingerprint density at radius 2 is 2.11 bits per heavy atom. The number of carbonyl (C=O) groups is 1. The molecule has 102 valence electrons. The Morgan fingerprint density at radius 1 is 1.42 bits per heavy atom. The van der Waals surface area contributed by atoms with Crippen LogP contribution in [0.25, 0.3) is 10.9 Å². The quantitative estimate of drug-likeness (QED) is 0.853. The SMILES string of the molecule is COc1cc(F)cc2ccn(C(=O)[C@@H](C)N(C)C)c12. The van der Waals surface area contributed by atoms with Crippen LogP contribution in [0.1, 0.15) is 11.7 Å². The number of halogens is 1. The number of nitrogens with zero attached hydrogens (tertiary/aromatic N) is 2. The molecule has 1 heterocycles. The molecule has 0 aliphatic heterocycles. The zero-order valence-corrected chi connectivity index (χ0v) is 11.5. The molecule has 0 unspecified atom stereocenters. The fourth-order valence-electron chi connectivity index (χ4n) is 1.97. The summed E-state index contributed by atoms with van der Waals surface area (Å²) in [7, 11) is 5.14. The number of carbonyl (C=O) groups excluding carboxylic acids is 1. The van der Waals surface area contributed by atoms with Crippen LogP contribution in [0.5, 0.6) is 5.75 Å². The lowest BCUT2D eigenvalue weighted by molar-refractivity contribution is 0.0809. The minimum absolute atomic E-state index is 0.0788. The summed E-state index contributed by atoms with van der Waals surface area (Å²) in [6.45, 7) is 1.82. The predicted octanol–water partition coefficient (Wildman–Crippen LogP) is 2.38. The molecule has 1 aromatic carbocycles. The second-order valence-corrected chi connectivity index (χ2v) is 4.71. The lowest BCUT2D eigenvalue weighted by atomic mass is 10.2. The summed E-state index contributed by atoms with van der Waals surface area (Å²) in [5.74, 6) is -0.0978. The molecule has 19 heavy (non-hydrogen) atoms. The van der Waals surface area contributed by atoms with E-state index in [-0.39, 0.29) is 17.8 Å². The molecular formula is C14H17FN2O2. The van der Waals surface area contributed by atoms with Crippen LogP contribution < -0.4 is 4.74 Å². The second-order valence-electron chi connectivity index (χ2n) is 4.71. The maximum absolute atomic E-state index is 13.4. The Balaban J connectivity index is 2.59. The molecule has 0 spiro atoms. The van der Waals surface area contributed by atoms with Crippen LogP contribution in [0.4, 0.5) is 4.39 Å². The van der Waals surface area contributed by atoms with Gasteiger partial charge in [-0.1, -0.05) is 0 Å². The van der Waals surface area contributed by atoms with Gasteiger partial charge >= 0.3 is 0 Å². The molecule has 0 aliphatic carbocycles. The summed E-state index contributed by atoms with van der Waals surface area (Å²) in [4.78, 5) is 14.2. The van der Waals surface area contributed by atoms with Crippen molar-refractivity contribution in [2.24, 2.45) is 0 Å². The van der Waals surface area contributed by atoms with Crippen molar-refractivity contribution >= 4 is 16.8 Å². The number of hydrogen-bond donors (Lipinski definition) is 0. The van der Waals surface area contributed by atoms with Crippen molar-refractivity contribution in [3.8, 4) is 5.75 Å². The number of ether oxygens (including phenoxy) is 1. The molecule has 1 aromatic heterocycles. The summed E-state index contributed by atoms with van der Waals surface area (Å²) in [6.07, 6.45) is 1.65. The Kier molecular flexibility index (Phi) is 3.57. The average molecular weight is 264 g/mol. The topological polar surface area (TPSA) is 34.5 Å². The highest BCUT2D eigenvalue weighted by Gasteiger charge is 2.20. The van der Waals surface area contributed by atoms with Crippen molar-refractivity contribution in [1.82, 2.24) is 9.47 Å². The Morgan fingerprint density at radius 3 is 2.68 bits per heavy atom. The predicted molar refractivity (Wildman–Crippen MR) is 72.2 cm³/mol. The third kappa shape index (κ3) is 2.33. The van der Waals surface area contributed by atoms with Crippen LogP contribution in [0, 0.1) is 5.82 Å². The molecule has 0 amide bonds. The van der Waals surface area contributed by atoms with E-state index >= 15 is 0 Å². The molecule has 2 aromatic rings. The van der Waals surface area contributed by atoms with Gasteiger partial charge in [-0.2, -0.15) is 0 Å². The number of methoxy groups -OCH3 is 1. The molecular weight excluding hydrogens is 247 g/mol. The van der Waals surface area contributed by atoms with Crippen molar-refractivity contribution in [2.45, 2.75) is 13.0 Å². The standard InChI is InChI=1S/C14H17FN2O2/c1-9(16(2)3)14(18)17-6-5-10-7-11(15)8-12(19-4)13(10)17/h5-9H,1-4H3/t9-/m1/s1. The monoisotopic (exact) mass is 264 g/mol. The Labute approximate surface area is 111 Å². The zero-order chi connectivity index (χ0) is 14.2.